The topological polar surface area (TPSA) is 60.5 Å². The minimum Gasteiger partial charge on any atom is -0.493 e. The summed E-state index contributed by atoms with van der Waals surface area (Å²) < 4.78 is 24.3. The van der Waals surface area contributed by atoms with Crippen molar-refractivity contribution >= 4 is 34.0 Å². The van der Waals surface area contributed by atoms with Gasteiger partial charge in [0.25, 0.3) is 0 Å². The van der Waals surface area contributed by atoms with Crippen LogP contribution in [0.5, 0.6) is 11.5 Å². The van der Waals surface area contributed by atoms with Crippen LogP contribution in [-0.2, 0) is 11.2 Å². The Hall–Kier alpha value is -2.64. The number of nitrogens with one attached hydrogen (secondary N) is 1. The van der Waals surface area contributed by atoms with Gasteiger partial charge in [0.05, 0.1) is 26.3 Å². The fourth-order valence-electron chi connectivity index (χ4n) is 2.48. The average molecular weight is 407 g/mol. The highest BCUT2D eigenvalue weighted by molar-refractivity contribution is 7.14. The molecule has 0 atom stereocenters. The van der Waals surface area contributed by atoms with Crippen molar-refractivity contribution in [1.82, 2.24) is 4.98 Å². The molecule has 0 saturated heterocycles. The second kappa shape index (κ2) is 8.37. The van der Waals surface area contributed by atoms with E-state index in [-0.39, 0.29) is 17.0 Å². The number of carbonyl (C=O) groups excluding carboxylic acids is 1. The summed E-state index contributed by atoms with van der Waals surface area (Å²) in [5, 5.41) is 5.12. The number of nitrogens with zero attached hydrogens (tertiary/aromatic N) is 1. The first-order chi connectivity index (χ1) is 13.0. The second-order valence-corrected chi connectivity index (χ2v) is 6.80. The lowest BCUT2D eigenvalue weighted by molar-refractivity contribution is -0.115. The molecule has 8 heteroatoms. The molecule has 0 aliphatic heterocycles. The van der Waals surface area contributed by atoms with Gasteiger partial charge in [-0.3, -0.25) is 4.79 Å². The summed E-state index contributed by atoms with van der Waals surface area (Å²) in [4.78, 5) is 16.6. The largest absolute Gasteiger partial charge is 0.493 e. The number of hydrogen-bond acceptors (Lipinski definition) is 5. The van der Waals surface area contributed by atoms with E-state index in [1.165, 1.54) is 23.5 Å². The lowest BCUT2D eigenvalue weighted by Gasteiger charge is -2.08. The van der Waals surface area contributed by atoms with E-state index < -0.39 is 11.7 Å². The molecule has 1 amide bonds. The quantitative estimate of drug-likeness (QED) is 0.638. The molecule has 0 radical (unpaired) electrons. The molecule has 0 aliphatic carbocycles. The smallest absolute Gasteiger partial charge is 0.230 e. The Kier molecular flexibility index (Phi) is 5.93. The highest BCUT2D eigenvalue weighted by atomic mass is 35.5. The number of halogens is 2. The maximum Gasteiger partial charge on any atom is 0.230 e. The number of methoxy groups -OCH3 is 2. The van der Waals surface area contributed by atoms with Crippen molar-refractivity contribution in [3.8, 4) is 22.8 Å². The molecule has 0 saturated carbocycles. The number of ether oxygens (including phenoxy) is 2. The molecule has 5 nitrogen and oxygen atoms in total. The van der Waals surface area contributed by atoms with Crippen molar-refractivity contribution in [2.75, 3.05) is 19.5 Å². The zero-order valence-electron chi connectivity index (χ0n) is 14.6. The number of rotatable bonds is 6. The Morgan fingerprint density at radius 2 is 2.00 bits per heavy atom. The van der Waals surface area contributed by atoms with Gasteiger partial charge in [-0.25, -0.2) is 9.37 Å². The summed E-state index contributed by atoms with van der Waals surface area (Å²) in [7, 11) is 3.12. The summed E-state index contributed by atoms with van der Waals surface area (Å²) >= 11 is 7.23. The van der Waals surface area contributed by atoms with Crippen molar-refractivity contribution in [3.05, 3.63) is 58.2 Å². The molecule has 0 fully saturated rings. The molecule has 27 heavy (non-hydrogen) atoms. The van der Waals surface area contributed by atoms with E-state index in [0.717, 1.165) is 5.56 Å². The standard InChI is InChI=1S/C19H16ClFN2O3S/c1-25-16-7-6-11(8-17(16)26-2)15-10-27-19(22-15)23-18(24)9-12-13(20)4-3-5-14(12)21/h3-8,10H,9H2,1-2H3,(H,22,23,24). The number of benzene rings is 2. The Morgan fingerprint density at radius 1 is 1.22 bits per heavy atom. The van der Waals surface area contributed by atoms with Crippen molar-refractivity contribution in [2.24, 2.45) is 0 Å². The number of thiazole rings is 1. The van der Waals surface area contributed by atoms with Gasteiger partial charge in [0.15, 0.2) is 16.6 Å². The first-order valence-electron chi connectivity index (χ1n) is 7.92. The van der Waals surface area contributed by atoms with Crippen LogP contribution >= 0.6 is 22.9 Å². The number of carbonyl (C=O) groups is 1. The zero-order valence-corrected chi connectivity index (χ0v) is 16.2. The van der Waals surface area contributed by atoms with E-state index in [9.17, 15) is 9.18 Å². The van der Waals surface area contributed by atoms with Crippen LogP contribution in [0.4, 0.5) is 9.52 Å². The molecule has 3 rings (SSSR count). The molecule has 0 aliphatic rings. The van der Waals surface area contributed by atoms with Crippen molar-refractivity contribution < 1.29 is 18.7 Å². The summed E-state index contributed by atoms with van der Waals surface area (Å²) in [6.45, 7) is 0. The number of hydrogen-bond donors (Lipinski definition) is 1. The molecule has 0 bridgehead atoms. The van der Waals surface area contributed by atoms with Crippen LogP contribution in [0.1, 0.15) is 5.56 Å². The molecule has 1 aromatic heterocycles. The summed E-state index contributed by atoms with van der Waals surface area (Å²) in [6.07, 6.45) is -0.170. The summed E-state index contributed by atoms with van der Waals surface area (Å²) in [6, 6.07) is 9.75. The Bertz CT molecular complexity index is 957. The first-order valence-corrected chi connectivity index (χ1v) is 9.18. The van der Waals surface area contributed by atoms with Gasteiger partial charge in [-0.05, 0) is 30.3 Å². The van der Waals surface area contributed by atoms with E-state index in [1.807, 2.05) is 11.4 Å². The predicted molar refractivity (Wildman–Crippen MR) is 104 cm³/mol. The van der Waals surface area contributed by atoms with Gasteiger partial charge in [0, 0.05) is 21.5 Å². The van der Waals surface area contributed by atoms with Crippen LogP contribution in [0, 0.1) is 5.82 Å². The molecular weight excluding hydrogens is 391 g/mol. The Morgan fingerprint density at radius 3 is 2.70 bits per heavy atom. The highest BCUT2D eigenvalue weighted by Gasteiger charge is 2.14. The SMILES string of the molecule is COc1ccc(-c2csc(NC(=O)Cc3c(F)cccc3Cl)n2)cc1OC. The van der Waals surface area contributed by atoms with Gasteiger partial charge in [0.2, 0.25) is 5.91 Å². The molecule has 2 aromatic carbocycles. The lowest BCUT2D eigenvalue weighted by Crippen LogP contribution is -2.15. The van der Waals surface area contributed by atoms with E-state index >= 15 is 0 Å². The lowest BCUT2D eigenvalue weighted by atomic mass is 10.1. The van der Waals surface area contributed by atoms with Crippen LogP contribution in [-0.4, -0.2) is 25.1 Å². The fraction of sp³-hybridized carbons (Fsp3) is 0.158. The third kappa shape index (κ3) is 4.37. The molecular formula is C19H16ClFN2O3S. The molecule has 0 spiro atoms. The van der Waals surface area contributed by atoms with Gasteiger partial charge in [-0.1, -0.05) is 17.7 Å². The highest BCUT2D eigenvalue weighted by Crippen LogP contribution is 2.33. The van der Waals surface area contributed by atoms with Crippen LogP contribution in [0.2, 0.25) is 5.02 Å². The number of anilines is 1. The Labute approximate surface area is 164 Å². The minimum atomic E-state index is -0.511. The average Bonchev–Trinajstić information content (AvgIpc) is 3.12. The molecule has 0 unspecified atom stereocenters. The molecule has 1 heterocycles. The van der Waals surface area contributed by atoms with Gasteiger partial charge >= 0.3 is 0 Å². The van der Waals surface area contributed by atoms with Crippen molar-refractivity contribution in [1.29, 1.82) is 0 Å². The summed E-state index contributed by atoms with van der Waals surface area (Å²) in [5.74, 6) is 0.299. The maximum absolute atomic E-state index is 13.8. The van der Waals surface area contributed by atoms with Crippen molar-refractivity contribution in [3.63, 3.8) is 0 Å². The maximum atomic E-state index is 13.8. The number of aromatic nitrogens is 1. The predicted octanol–water partition coefficient (Wildman–Crippen LogP) is 4.80. The van der Waals surface area contributed by atoms with Crippen LogP contribution < -0.4 is 14.8 Å². The van der Waals surface area contributed by atoms with Gasteiger partial charge in [-0.2, -0.15) is 0 Å². The third-order valence-electron chi connectivity index (χ3n) is 3.83. The third-order valence-corrected chi connectivity index (χ3v) is 4.94. The van der Waals surface area contributed by atoms with Crippen molar-refractivity contribution in [2.45, 2.75) is 6.42 Å². The van der Waals surface area contributed by atoms with Crippen LogP contribution in [0.25, 0.3) is 11.3 Å². The normalized spacial score (nSPS) is 10.5. The number of amides is 1. The van der Waals surface area contributed by atoms with Gasteiger partial charge in [-0.15, -0.1) is 11.3 Å². The summed E-state index contributed by atoms with van der Waals surface area (Å²) in [5.41, 5.74) is 1.66. The van der Waals surface area contributed by atoms with E-state index in [4.69, 9.17) is 21.1 Å². The second-order valence-electron chi connectivity index (χ2n) is 5.53. The molecule has 140 valence electrons. The van der Waals surface area contributed by atoms with E-state index in [2.05, 4.69) is 10.3 Å². The monoisotopic (exact) mass is 406 g/mol. The fourth-order valence-corrected chi connectivity index (χ4v) is 3.45. The zero-order chi connectivity index (χ0) is 19.4. The van der Waals surface area contributed by atoms with Crippen LogP contribution in [0.15, 0.2) is 41.8 Å². The van der Waals surface area contributed by atoms with Crippen LogP contribution in [0.3, 0.4) is 0 Å². The van der Waals surface area contributed by atoms with Gasteiger partial charge < -0.3 is 14.8 Å². The Balaban J connectivity index is 1.73. The van der Waals surface area contributed by atoms with E-state index in [1.54, 1.807) is 32.4 Å². The first kappa shape index (κ1) is 19.1. The van der Waals surface area contributed by atoms with Gasteiger partial charge in [0.1, 0.15) is 5.82 Å². The van der Waals surface area contributed by atoms with E-state index in [0.29, 0.717) is 22.3 Å². The molecule has 1 N–H and O–H groups in total. The molecule has 3 aromatic rings. The minimum absolute atomic E-state index is 0.160.